The molecule has 0 unspecified atom stereocenters. The number of benzene rings is 2. The van der Waals surface area contributed by atoms with Gasteiger partial charge in [-0.15, -0.1) is 0 Å². The first-order valence-electron chi connectivity index (χ1n) is 6.38. The van der Waals surface area contributed by atoms with Crippen molar-refractivity contribution in [2.24, 2.45) is 0 Å². The Balaban J connectivity index is 2.10. The summed E-state index contributed by atoms with van der Waals surface area (Å²) >= 11 is 11.8. The topological polar surface area (TPSA) is 64.9 Å². The minimum atomic E-state index is -0.628. The van der Waals surface area contributed by atoms with Crippen LogP contribution in [-0.2, 0) is 4.79 Å². The first-order valence-corrected chi connectivity index (χ1v) is 7.14. The van der Waals surface area contributed by atoms with E-state index >= 15 is 0 Å². The van der Waals surface area contributed by atoms with Gasteiger partial charge >= 0.3 is 0 Å². The summed E-state index contributed by atoms with van der Waals surface area (Å²) in [5, 5.41) is 15.2. The van der Waals surface area contributed by atoms with E-state index in [1.165, 1.54) is 36.5 Å². The lowest BCUT2D eigenvalue weighted by atomic mass is 10.2. The van der Waals surface area contributed by atoms with Gasteiger partial charge in [-0.3, -0.25) is 4.79 Å². The Morgan fingerprint density at radius 3 is 2.48 bits per heavy atom. The number of hydrogen-bond acceptors (Lipinski definition) is 3. The fourth-order valence-electron chi connectivity index (χ4n) is 1.64. The second-order valence-electron chi connectivity index (χ2n) is 4.40. The predicted molar refractivity (Wildman–Crippen MR) is 88.8 cm³/mol. The van der Waals surface area contributed by atoms with Gasteiger partial charge in [0.15, 0.2) is 0 Å². The summed E-state index contributed by atoms with van der Waals surface area (Å²) in [5.74, 6) is -1.05. The third-order valence-electron chi connectivity index (χ3n) is 2.77. The molecule has 23 heavy (non-hydrogen) atoms. The molecule has 0 radical (unpaired) electrons. The van der Waals surface area contributed by atoms with E-state index in [4.69, 9.17) is 28.5 Å². The monoisotopic (exact) mass is 349 g/mol. The van der Waals surface area contributed by atoms with E-state index in [-0.39, 0.29) is 5.57 Å². The zero-order valence-electron chi connectivity index (χ0n) is 11.6. The van der Waals surface area contributed by atoms with Crippen LogP contribution in [0, 0.1) is 17.1 Å². The molecule has 0 fully saturated rings. The molecular weight excluding hydrogens is 340 g/mol. The Bertz CT molecular complexity index is 798. The number of halogens is 3. The van der Waals surface area contributed by atoms with Crippen LogP contribution in [0.2, 0.25) is 10.0 Å². The minimum absolute atomic E-state index is 0.166. The summed E-state index contributed by atoms with van der Waals surface area (Å²) in [6.45, 7) is 0. The van der Waals surface area contributed by atoms with E-state index in [2.05, 4.69) is 10.6 Å². The van der Waals surface area contributed by atoms with Crippen LogP contribution in [0.4, 0.5) is 15.8 Å². The number of carbonyl (C=O) groups excluding carboxylic acids is 1. The van der Waals surface area contributed by atoms with Crippen molar-refractivity contribution in [3.63, 3.8) is 0 Å². The second-order valence-corrected chi connectivity index (χ2v) is 5.24. The summed E-state index contributed by atoms with van der Waals surface area (Å²) in [7, 11) is 0. The van der Waals surface area contributed by atoms with Gasteiger partial charge in [0.2, 0.25) is 0 Å². The molecule has 0 bridgehead atoms. The number of nitriles is 1. The number of hydrogen-bond donors (Lipinski definition) is 2. The molecule has 0 atom stereocenters. The minimum Gasteiger partial charge on any atom is -0.359 e. The molecule has 1 amide bonds. The van der Waals surface area contributed by atoms with Gasteiger partial charge < -0.3 is 10.6 Å². The first-order chi connectivity index (χ1) is 11.0. The maximum atomic E-state index is 12.8. The molecule has 0 saturated carbocycles. The van der Waals surface area contributed by atoms with Crippen LogP contribution in [0.1, 0.15) is 0 Å². The molecule has 0 aliphatic carbocycles. The average Bonchev–Trinajstić information content (AvgIpc) is 2.52. The molecule has 2 N–H and O–H groups in total. The van der Waals surface area contributed by atoms with E-state index in [9.17, 15) is 9.18 Å². The van der Waals surface area contributed by atoms with Gasteiger partial charge in [-0.2, -0.15) is 5.26 Å². The van der Waals surface area contributed by atoms with Crippen molar-refractivity contribution < 1.29 is 9.18 Å². The van der Waals surface area contributed by atoms with E-state index in [0.29, 0.717) is 21.4 Å². The summed E-state index contributed by atoms with van der Waals surface area (Å²) in [5.41, 5.74) is 0.709. The molecule has 0 heterocycles. The van der Waals surface area contributed by atoms with Crippen molar-refractivity contribution in [1.29, 1.82) is 5.26 Å². The lowest BCUT2D eigenvalue weighted by Gasteiger charge is -2.06. The first kappa shape index (κ1) is 16.8. The zero-order valence-corrected chi connectivity index (χ0v) is 13.1. The SMILES string of the molecule is N#C/C(=C/Nc1ccc(Cl)cc1Cl)C(=O)Nc1ccc(F)cc1. The molecule has 4 nitrogen and oxygen atoms in total. The Morgan fingerprint density at radius 2 is 1.87 bits per heavy atom. The number of carbonyl (C=O) groups is 1. The Hall–Kier alpha value is -2.55. The molecule has 2 aromatic carbocycles. The summed E-state index contributed by atoms with van der Waals surface area (Å²) < 4.78 is 12.8. The largest absolute Gasteiger partial charge is 0.359 e. The molecule has 7 heteroatoms. The van der Waals surface area contributed by atoms with Gasteiger partial charge in [0.05, 0.1) is 10.7 Å². The van der Waals surface area contributed by atoms with E-state index in [1.54, 1.807) is 18.2 Å². The van der Waals surface area contributed by atoms with Gasteiger partial charge in [-0.05, 0) is 42.5 Å². The maximum Gasteiger partial charge on any atom is 0.267 e. The highest BCUT2D eigenvalue weighted by Gasteiger charge is 2.10. The summed E-state index contributed by atoms with van der Waals surface area (Å²) in [4.78, 5) is 12.0. The average molecular weight is 350 g/mol. The van der Waals surface area contributed by atoms with Gasteiger partial charge in [-0.25, -0.2) is 4.39 Å². The fourth-order valence-corrected chi connectivity index (χ4v) is 2.10. The molecule has 0 aromatic heterocycles. The van der Waals surface area contributed by atoms with Crippen molar-refractivity contribution in [1.82, 2.24) is 0 Å². The third kappa shape index (κ3) is 4.71. The van der Waals surface area contributed by atoms with Crippen LogP contribution < -0.4 is 10.6 Å². The number of anilines is 2. The van der Waals surface area contributed by atoms with Crippen LogP contribution in [0.15, 0.2) is 54.2 Å². The standard InChI is InChI=1S/C16H10Cl2FN3O/c17-11-1-6-15(14(18)7-11)21-9-10(8-20)16(23)22-13-4-2-12(19)3-5-13/h1-7,9,21H,(H,22,23)/b10-9-. The molecular formula is C16H10Cl2FN3O. The van der Waals surface area contributed by atoms with Crippen LogP contribution in [-0.4, -0.2) is 5.91 Å². The van der Waals surface area contributed by atoms with E-state index in [0.717, 1.165) is 0 Å². The molecule has 2 rings (SSSR count). The lowest BCUT2D eigenvalue weighted by Crippen LogP contribution is -2.14. The number of rotatable bonds is 4. The zero-order chi connectivity index (χ0) is 16.8. The van der Waals surface area contributed by atoms with Gasteiger partial charge in [0.1, 0.15) is 17.5 Å². The Morgan fingerprint density at radius 1 is 1.17 bits per heavy atom. The smallest absolute Gasteiger partial charge is 0.267 e. The quantitative estimate of drug-likeness (QED) is 0.626. The van der Waals surface area contributed by atoms with Crippen LogP contribution in [0.5, 0.6) is 0 Å². The highest BCUT2D eigenvalue weighted by Crippen LogP contribution is 2.25. The fraction of sp³-hybridized carbons (Fsp3) is 0. The summed E-state index contributed by atoms with van der Waals surface area (Å²) in [6, 6.07) is 11.7. The molecule has 116 valence electrons. The Labute approximate surface area is 142 Å². The number of nitrogens with one attached hydrogen (secondary N) is 2. The molecule has 0 saturated heterocycles. The molecule has 0 aliphatic heterocycles. The van der Waals surface area contributed by atoms with Crippen LogP contribution in [0.3, 0.4) is 0 Å². The Kier molecular flexibility index (Phi) is 5.58. The van der Waals surface area contributed by atoms with Crippen molar-refractivity contribution in [3.05, 3.63) is 70.1 Å². The van der Waals surface area contributed by atoms with E-state index < -0.39 is 11.7 Å². The normalized spacial score (nSPS) is 10.8. The van der Waals surface area contributed by atoms with E-state index in [1.807, 2.05) is 0 Å². The van der Waals surface area contributed by atoms with Crippen molar-refractivity contribution in [2.45, 2.75) is 0 Å². The molecule has 0 spiro atoms. The van der Waals surface area contributed by atoms with Crippen molar-refractivity contribution in [3.8, 4) is 6.07 Å². The summed E-state index contributed by atoms with van der Waals surface area (Å²) in [6.07, 6.45) is 1.23. The molecule has 2 aromatic rings. The third-order valence-corrected chi connectivity index (χ3v) is 3.32. The number of amides is 1. The lowest BCUT2D eigenvalue weighted by molar-refractivity contribution is -0.112. The molecule has 0 aliphatic rings. The van der Waals surface area contributed by atoms with Gasteiger partial charge in [-0.1, -0.05) is 23.2 Å². The highest BCUT2D eigenvalue weighted by molar-refractivity contribution is 6.36. The number of nitrogens with zero attached hydrogens (tertiary/aromatic N) is 1. The van der Waals surface area contributed by atoms with Crippen LogP contribution in [0.25, 0.3) is 0 Å². The second kappa shape index (κ2) is 7.63. The maximum absolute atomic E-state index is 12.8. The van der Waals surface area contributed by atoms with Gasteiger partial charge in [0.25, 0.3) is 5.91 Å². The van der Waals surface area contributed by atoms with Gasteiger partial charge in [0, 0.05) is 16.9 Å². The van der Waals surface area contributed by atoms with Crippen LogP contribution >= 0.6 is 23.2 Å². The van der Waals surface area contributed by atoms with Crippen molar-refractivity contribution >= 4 is 40.5 Å². The predicted octanol–water partition coefficient (Wildman–Crippen LogP) is 4.59. The highest BCUT2D eigenvalue weighted by atomic mass is 35.5. The van der Waals surface area contributed by atoms with Crippen molar-refractivity contribution in [2.75, 3.05) is 10.6 Å².